The number of hydrogen-bond donors (Lipinski definition) is 0. The number of aryl methyl sites for hydroxylation is 1. The van der Waals surface area contributed by atoms with Crippen molar-refractivity contribution in [3.8, 4) is 0 Å². The van der Waals surface area contributed by atoms with Gasteiger partial charge in [0.25, 0.3) is 5.78 Å². The van der Waals surface area contributed by atoms with E-state index in [4.69, 9.17) is 8.83 Å². The molecule has 2 heterocycles. The number of furan rings is 2. The number of carbonyl (C=O) groups is 1. The Hall–Kier alpha value is -2.81. The molecule has 0 aliphatic rings. The summed E-state index contributed by atoms with van der Waals surface area (Å²) in [5, 5.41) is 1.87. The van der Waals surface area contributed by atoms with Crippen LogP contribution in [0.5, 0.6) is 0 Å². The molecule has 0 amide bonds. The van der Waals surface area contributed by atoms with E-state index in [2.05, 4.69) is 0 Å². The Morgan fingerprint density at radius 1 is 0.905 bits per heavy atom. The van der Waals surface area contributed by atoms with Gasteiger partial charge < -0.3 is 8.83 Å². The zero-order chi connectivity index (χ0) is 14.4. The van der Waals surface area contributed by atoms with Crippen LogP contribution in [-0.4, -0.2) is 5.78 Å². The summed E-state index contributed by atoms with van der Waals surface area (Å²) in [5.41, 5.74) is 2.26. The smallest absolute Gasteiger partial charge is 0.263 e. The second-order valence-corrected chi connectivity index (χ2v) is 5.03. The minimum absolute atomic E-state index is 0.222. The van der Waals surface area contributed by atoms with E-state index in [9.17, 15) is 4.79 Å². The lowest BCUT2D eigenvalue weighted by Crippen LogP contribution is -1.99. The number of rotatable bonds is 2. The van der Waals surface area contributed by atoms with Gasteiger partial charge in [-0.1, -0.05) is 36.4 Å². The summed E-state index contributed by atoms with van der Waals surface area (Å²) in [5.74, 6) is 0.425. The number of benzene rings is 2. The van der Waals surface area contributed by atoms with Gasteiger partial charge in [0, 0.05) is 16.3 Å². The highest BCUT2D eigenvalue weighted by Gasteiger charge is 2.22. The molecule has 0 atom stereocenters. The van der Waals surface area contributed by atoms with Gasteiger partial charge in [-0.25, -0.2) is 0 Å². The normalized spacial score (nSPS) is 11.3. The van der Waals surface area contributed by atoms with Crippen molar-refractivity contribution in [1.82, 2.24) is 0 Å². The van der Waals surface area contributed by atoms with Crippen LogP contribution in [0.15, 0.2) is 63.4 Å². The lowest BCUT2D eigenvalue weighted by Gasteiger charge is -1.93. The van der Waals surface area contributed by atoms with E-state index in [0.29, 0.717) is 17.1 Å². The standard InChI is InChI=1S/C18H12O3/c1-11-13-7-3-5-9-15(13)21-18(11)17(19)16-10-12-6-2-4-8-14(12)20-16/h2-10H,1H3. The van der Waals surface area contributed by atoms with Gasteiger partial charge in [0.15, 0.2) is 11.5 Å². The monoisotopic (exact) mass is 276 g/mol. The molecule has 0 spiro atoms. The molecule has 2 aromatic carbocycles. The molecule has 0 radical (unpaired) electrons. The average molecular weight is 276 g/mol. The van der Waals surface area contributed by atoms with Crippen molar-refractivity contribution in [2.24, 2.45) is 0 Å². The first-order chi connectivity index (χ1) is 10.2. The summed E-state index contributed by atoms with van der Waals surface area (Å²) >= 11 is 0. The first-order valence-electron chi connectivity index (χ1n) is 6.75. The fraction of sp³-hybridized carbons (Fsp3) is 0.0556. The molecule has 0 bridgehead atoms. The molecule has 3 nitrogen and oxygen atoms in total. The number of para-hydroxylation sites is 2. The molecule has 0 aliphatic carbocycles. The Bertz CT molecular complexity index is 939. The molecule has 2 aromatic heterocycles. The molecule has 21 heavy (non-hydrogen) atoms. The van der Waals surface area contributed by atoms with Crippen LogP contribution in [0, 0.1) is 6.92 Å². The third-order valence-electron chi connectivity index (χ3n) is 3.70. The molecular formula is C18H12O3. The second kappa shape index (κ2) is 4.35. The number of fused-ring (bicyclic) bond motifs is 2. The van der Waals surface area contributed by atoms with E-state index in [1.165, 1.54) is 0 Å². The van der Waals surface area contributed by atoms with E-state index in [1.54, 1.807) is 6.07 Å². The van der Waals surface area contributed by atoms with Crippen molar-refractivity contribution < 1.29 is 13.6 Å². The second-order valence-electron chi connectivity index (χ2n) is 5.03. The molecule has 3 heteroatoms. The molecule has 4 rings (SSSR count). The minimum Gasteiger partial charge on any atom is -0.452 e. The summed E-state index contributed by atoms with van der Waals surface area (Å²) in [6, 6.07) is 16.9. The quantitative estimate of drug-likeness (QED) is 0.497. The number of carbonyl (C=O) groups excluding carboxylic acids is 1. The van der Waals surface area contributed by atoms with E-state index in [0.717, 1.165) is 21.9 Å². The van der Waals surface area contributed by atoms with Crippen LogP contribution in [0.3, 0.4) is 0 Å². The molecule has 0 N–H and O–H groups in total. The van der Waals surface area contributed by atoms with Crippen LogP contribution in [0.25, 0.3) is 21.9 Å². The third kappa shape index (κ3) is 1.78. The SMILES string of the molecule is Cc1c(C(=O)c2cc3ccccc3o2)oc2ccccc12. The molecule has 0 saturated carbocycles. The highest BCUT2D eigenvalue weighted by Crippen LogP contribution is 2.28. The van der Waals surface area contributed by atoms with Gasteiger partial charge in [0.2, 0.25) is 0 Å². The third-order valence-corrected chi connectivity index (χ3v) is 3.70. The Kier molecular flexibility index (Phi) is 2.48. The molecule has 0 saturated heterocycles. The summed E-state index contributed by atoms with van der Waals surface area (Å²) in [4.78, 5) is 12.6. The lowest BCUT2D eigenvalue weighted by molar-refractivity contribution is 0.0986. The van der Waals surface area contributed by atoms with Crippen LogP contribution in [-0.2, 0) is 0 Å². The largest absolute Gasteiger partial charge is 0.452 e. The van der Waals surface area contributed by atoms with Gasteiger partial charge >= 0.3 is 0 Å². The van der Waals surface area contributed by atoms with Crippen molar-refractivity contribution in [1.29, 1.82) is 0 Å². The Balaban J connectivity index is 1.87. The highest BCUT2D eigenvalue weighted by atomic mass is 16.4. The van der Waals surface area contributed by atoms with Crippen LogP contribution < -0.4 is 0 Å². The van der Waals surface area contributed by atoms with E-state index in [-0.39, 0.29) is 5.78 Å². The predicted octanol–water partition coefficient (Wildman–Crippen LogP) is 4.72. The maximum Gasteiger partial charge on any atom is 0.263 e. The topological polar surface area (TPSA) is 43.4 Å². The van der Waals surface area contributed by atoms with Crippen molar-refractivity contribution in [2.75, 3.05) is 0 Å². The van der Waals surface area contributed by atoms with Crippen LogP contribution in [0.4, 0.5) is 0 Å². The fourth-order valence-electron chi connectivity index (χ4n) is 2.60. The van der Waals surface area contributed by atoms with E-state index in [1.807, 2.05) is 55.5 Å². The van der Waals surface area contributed by atoms with Crippen LogP contribution >= 0.6 is 0 Å². The Morgan fingerprint density at radius 2 is 1.62 bits per heavy atom. The molecular weight excluding hydrogens is 264 g/mol. The maximum atomic E-state index is 12.6. The number of hydrogen-bond acceptors (Lipinski definition) is 3. The maximum absolute atomic E-state index is 12.6. The molecule has 4 aromatic rings. The van der Waals surface area contributed by atoms with Gasteiger partial charge in [0.05, 0.1) is 0 Å². The zero-order valence-corrected chi connectivity index (χ0v) is 11.4. The number of ketones is 1. The Labute approximate surface area is 120 Å². The van der Waals surface area contributed by atoms with Crippen LogP contribution in [0.2, 0.25) is 0 Å². The summed E-state index contributed by atoms with van der Waals surface area (Å²) in [6.07, 6.45) is 0. The summed E-state index contributed by atoms with van der Waals surface area (Å²) in [7, 11) is 0. The van der Waals surface area contributed by atoms with Gasteiger partial charge in [-0.3, -0.25) is 4.79 Å². The first-order valence-corrected chi connectivity index (χ1v) is 6.75. The van der Waals surface area contributed by atoms with Gasteiger partial charge in [-0.2, -0.15) is 0 Å². The molecule has 0 aliphatic heterocycles. The average Bonchev–Trinajstić information content (AvgIpc) is 3.08. The zero-order valence-electron chi connectivity index (χ0n) is 11.4. The lowest BCUT2D eigenvalue weighted by atomic mass is 10.1. The first kappa shape index (κ1) is 12.0. The van der Waals surface area contributed by atoms with Crippen LogP contribution in [0.1, 0.15) is 21.9 Å². The van der Waals surface area contributed by atoms with Gasteiger partial charge in [0.1, 0.15) is 11.2 Å². The Morgan fingerprint density at radius 3 is 2.38 bits per heavy atom. The van der Waals surface area contributed by atoms with Gasteiger partial charge in [-0.15, -0.1) is 0 Å². The summed E-state index contributed by atoms with van der Waals surface area (Å²) in [6.45, 7) is 1.89. The van der Waals surface area contributed by atoms with Crippen molar-refractivity contribution in [3.05, 3.63) is 71.7 Å². The van der Waals surface area contributed by atoms with Crippen molar-refractivity contribution in [2.45, 2.75) is 6.92 Å². The molecule has 0 unspecified atom stereocenters. The fourth-order valence-corrected chi connectivity index (χ4v) is 2.60. The predicted molar refractivity (Wildman–Crippen MR) is 80.6 cm³/mol. The molecule has 0 fully saturated rings. The highest BCUT2D eigenvalue weighted by molar-refractivity contribution is 6.10. The van der Waals surface area contributed by atoms with Crippen molar-refractivity contribution in [3.63, 3.8) is 0 Å². The van der Waals surface area contributed by atoms with E-state index >= 15 is 0 Å². The molecule has 102 valence electrons. The minimum atomic E-state index is -0.222. The van der Waals surface area contributed by atoms with Gasteiger partial charge in [-0.05, 0) is 25.1 Å². The van der Waals surface area contributed by atoms with Crippen molar-refractivity contribution >= 4 is 27.7 Å². The summed E-state index contributed by atoms with van der Waals surface area (Å²) < 4.78 is 11.3. The van der Waals surface area contributed by atoms with E-state index < -0.39 is 0 Å².